The molecule has 1 fully saturated rings. The second-order valence-electron chi connectivity index (χ2n) is 9.27. The van der Waals surface area contributed by atoms with Crippen molar-refractivity contribution in [3.63, 3.8) is 0 Å². The van der Waals surface area contributed by atoms with Gasteiger partial charge in [0.05, 0.1) is 11.2 Å². The molecule has 2 aromatic carbocycles. The fraction of sp³-hybridized carbons (Fsp3) is 0.320. The van der Waals surface area contributed by atoms with E-state index in [1.54, 1.807) is 0 Å². The Balaban J connectivity index is 1.10. The number of H-pyrrole nitrogens is 1. The Morgan fingerprint density at radius 2 is 2.03 bits per heavy atom. The van der Waals surface area contributed by atoms with Crippen molar-refractivity contribution in [2.75, 3.05) is 11.9 Å². The fourth-order valence-corrected chi connectivity index (χ4v) is 5.21. The van der Waals surface area contributed by atoms with Crippen molar-refractivity contribution in [3.8, 4) is 0 Å². The minimum Gasteiger partial charge on any atom is -0.336 e. The Morgan fingerprint density at radius 3 is 2.86 bits per heavy atom. The van der Waals surface area contributed by atoms with E-state index in [0.717, 1.165) is 49.4 Å². The Labute approximate surface area is 207 Å². The molecule has 10 heteroatoms. The maximum Gasteiger partial charge on any atom is 0.254 e. The van der Waals surface area contributed by atoms with Gasteiger partial charge in [0.15, 0.2) is 0 Å². The van der Waals surface area contributed by atoms with E-state index in [1.807, 2.05) is 53.6 Å². The number of hydrogen-bond acceptors (Lipinski definition) is 7. The van der Waals surface area contributed by atoms with E-state index in [4.69, 9.17) is 16.6 Å². The summed E-state index contributed by atoms with van der Waals surface area (Å²) in [6.07, 6.45) is 3.78. The molecule has 2 aliphatic rings. The number of piperidine rings is 1. The number of carbonyl (C=O) groups is 1. The van der Waals surface area contributed by atoms with Crippen LogP contribution >= 0.6 is 11.6 Å². The van der Waals surface area contributed by atoms with Gasteiger partial charge in [0.1, 0.15) is 5.52 Å². The highest BCUT2D eigenvalue weighted by Gasteiger charge is 2.35. The lowest BCUT2D eigenvalue weighted by atomic mass is 9.96. The molecule has 0 bridgehead atoms. The Morgan fingerprint density at radius 1 is 1.17 bits per heavy atom. The van der Waals surface area contributed by atoms with Gasteiger partial charge in [-0.05, 0) is 62.2 Å². The first-order chi connectivity index (χ1) is 17.0. The molecular weight excluding hydrogens is 464 g/mol. The van der Waals surface area contributed by atoms with Gasteiger partial charge in [-0.3, -0.25) is 14.8 Å². The Kier molecular flexibility index (Phi) is 5.58. The van der Waals surface area contributed by atoms with Gasteiger partial charge in [0.2, 0.25) is 5.95 Å². The van der Waals surface area contributed by atoms with Gasteiger partial charge < -0.3 is 10.2 Å². The number of amides is 1. The molecule has 178 valence electrons. The molecule has 0 unspecified atom stereocenters. The molecule has 6 rings (SSSR count). The third kappa shape index (κ3) is 4.33. The number of aromatic amines is 1. The summed E-state index contributed by atoms with van der Waals surface area (Å²) in [4.78, 5) is 26.9. The van der Waals surface area contributed by atoms with E-state index in [1.165, 1.54) is 5.56 Å². The van der Waals surface area contributed by atoms with Gasteiger partial charge in [-0.1, -0.05) is 16.8 Å². The molecule has 0 spiro atoms. The van der Waals surface area contributed by atoms with Crippen molar-refractivity contribution in [1.82, 2.24) is 35.2 Å². The van der Waals surface area contributed by atoms with E-state index in [9.17, 15) is 4.79 Å². The number of likely N-dealkylation sites (tertiary alicyclic amines) is 1. The Bertz CT molecular complexity index is 1390. The van der Waals surface area contributed by atoms with Crippen molar-refractivity contribution in [2.45, 2.75) is 44.9 Å². The van der Waals surface area contributed by atoms with Crippen LogP contribution in [-0.4, -0.2) is 59.7 Å². The molecule has 4 aromatic rings. The quantitative estimate of drug-likeness (QED) is 0.444. The molecule has 2 atom stereocenters. The van der Waals surface area contributed by atoms with Gasteiger partial charge >= 0.3 is 0 Å². The van der Waals surface area contributed by atoms with Crippen molar-refractivity contribution in [1.29, 1.82) is 0 Å². The van der Waals surface area contributed by atoms with Crippen LogP contribution < -0.4 is 5.32 Å². The number of nitrogens with one attached hydrogen (secondary N) is 2. The predicted molar refractivity (Wildman–Crippen MR) is 133 cm³/mol. The number of aromatic nitrogens is 5. The predicted octanol–water partition coefficient (Wildman–Crippen LogP) is 4.15. The molecule has 2 aromatic heterocycles. The Hall–Kier alpha value is -3.56. The second kappa shape index (κ2) is 8.90. The average Bonchev–Trinajstić information content (AvgIpc) is 3.51. The zero-order valence-corrected chi connectivity index (χ0v) is 20.0. The highest BCUT2D eigenvalue weighted by atomic mass is 35.5. The summed E-state index contributed by atoms with van der Waals surface area (Å²) in [5.74, 6) is 0.639. The normalized spacial score (nSPS) is 20.2. The average molecular weight is 489 g/mol. The van der Waals surface area contributed by atoms with E-state index in [-0.39, 0.29) is 11.9 Å². The second-order valence-corrected chi connectivity index (χ2v) is 9.71. The monoisotopic (exact) mass is 488 g/mol. The number of carbonyl (C=O) groups excluding carboxylic acids is 1. The van der Waals surface area contributed by atoms with Gasteiger partial charge in [0.25, 0.3) is 5.91 Å². The van der Waals surface area contributed by atoms with Gasteiger partial charge in [-0.2, -0.15) is 0 Å². The summed E-state index contributed by atoms with van der Waals surface area (Å²) in [5, 5.41) is 14.6. The minimum atomic E-state index is 0.0503. The lowest BCUT2D eigenvalue weighted by molar-refractivity contribution is 0.0460. The molecule has 4 heterocycles. The number of rotatable bonds is 4. The number of anilines is 2. The van der Waals surface area contributed by atoms with Crippen molar-refractivity contribution in [2.24, 2.45) is 0 Å². The first-order valence-corrected chi connectivity index (χ1v) is 12.1. The zero-order valence-electron chi connectivity index (χ0n) is 19.3. The lowest BCUT2D eigenvalue weighted by Crippen LogP contribution is -2.50. The maximum absolute atomic E-state index is 13.2. The van der Waals surface area contributed by atoms with Crippen LogP contribution in [0.5, 0.6) is 0 Å². The van der Waals surface area contributed by atoms with E-state index < -0.39 is 0 Å². The smallest absolute Gasteiger partial charge is 0.254 e. The van der Waals surface area contributed by atoms with Crippen LogP contribution in [0, 0.1) is 0 Å². The molecule has 1 saturated heterocycles. The molecule has 2 N–H and O–H groups in total. The summed E-state index contributed by atoms with van der Waals surface area (Å²) in [6, 6.07) is 13.5. The van der Waals surface area contributed by atoms with Crippen molar-refractivity contribution >= 4 is 40.2 Å². The van der Waals surface area contributed by atoms with E-state index >= 15 is 0 Å². The summed E-state index contributed by atoms with van der Waals surface area (Å²) in [5.41, 5.74) is 5.32. The van der Waals surface area contributed by atoms with Crippen molar-refractivity contribution in [3.05, 3.63) is 70.5 Å². The maximum atomic E-state index is 13.2. The number of fused-ring (bicyclic) bond motifs is 2. The molecule has 0 radical (unpaired) electrons. The number of hydrogen-bond donors (Lipinski definition) is 2. The molecular formula is C25H25ClN8O. The van der Waals surface area contributed by atoms with Crippen LogP contribution in [0.4, 0.5) is 11.6 Å². The molecule has 0 aliphatic carbocycles. The SMILES string of the molecule is C[C@@H]1C[C@H](N2Cc3cnc(Nc4ccc(Cl)cc4)nc3C2)CCN1C(=O)c1ccc2[nH]nnc2c1. The summed E-state index contributed by atoms with van der Waals surface area (Å²) >= 11 is 5.97. The summed E-state index contributed by atoms with van der Waals surface area (Å²) in [7, 11) is 0. The standard InChI is InChI=1S/C25H25ClN8O/c1-15-10-20(8-9-34(15)24(35)16-2-7-21-22(11-16)31-32-30-21)33-13-17-12-27-25(29-23(17)14-33)28-19-5-3-18(26)4-6-19/h2-7,11-12,15,20H,8-10,13-14H2,1H3,(H,27,28,29)(H,30,31,32)/t15-,20-/m1/s1. The first-order valence-electron chi connectivity index (χ1n) is 11.8. The van der Waals surface area contributed by atoms with Gasteiger partial charge in [0, 0.05) is 59.8 Å². The van der Waals surface area contributed by atoms with Crippen LogP contribution in [0.1, 0.15) is 41.4 Å². The highest BCUT2D eigenvalue weighted by Crippen LogP contribution is 2.31. The molecule has 2 aliphatic heterocycles. The number of benzene rings is 2. The minimum absolute atomic E-state index is 0.0503. The third-order valence-electron chi connectivity index (χ3n) is 6.98. The van der Waals surface area contributed by atoms with Gasteiger partial charge in [-0.15, -0.1) is 5.10 Å². The van der Waals surface area contributed by atoms with E-state index in [2.05, 4.69) is 37.5 Å². The largest absolute Gasteiger partial charge is 0.336 e. The summed E-state index contributed by atoms with van der Waals surface area (Å²) < 4.78 is 0. The van der Waals surface area contributed by atoms with Crippen LogP contribution in [-0.2, 0) is 13.1 Å². The fourth-order valence-electron chi connectivity index (χ4n) is 5.08. The van der Waals surface area contributed by atoms with Crippen LogP contribution in [0.25, 0.3) is 11.0 Å². The highest BCUT2D eigenvalue weighted by molar-refractivity contribution is 6.30. The molecule has 9 nitrogen and oxygen atoms in total. The van der Waals surface area contributed by atoms with Crippen LogP contribution in [0.2, 0.25) is 5.02 Å². The first kappa shape index (κ1) is 21.9. The van der Waals surface area contributed by atoms with Gasteiger partial charge in [-0.25, -0.2) is 9.97 Å². The topological polar surface area (TPSA) is 103 Å². The van der Waals surface area contributed by atoms with E-state index in [0.29, 0.717) is 28.1 Å². The third-order valence-corrected chi connectivity index (χ3v) is 7.23. The number of halogens is 1. The molecule has 0 saturated carbocycles. The van der Waals surface area contributed by atoms with Crippen molar-refractivity contribution < 1.29 is 4.79 Å². The van der Waals surface area contributed by atoms with Crippen LogP contribution in [0.3, 0.4) is 0 Å². The lowest BCUT2D eigenvalue weighted by Gasteiger charge is -2.41. The summed E-state index contributed by atoms with van der Waals surface area (Å²) in [6.45, 7) is 4.49. The van der Waals surface area contributed by atoms with Crippen LogP contribution in [0.15, 0.2) is 48.7 Å². The molecule has 35 heavy (non-hydrogen) atoms. The number of nitrogens with zero attached hydrogens (tertiary/aromatic N) is 6. The molecule has 1 amide bonds. The zero-order chi connectivity index (χ0) is 23.9.